The molecule has 1 atom stereocenters. The molecule has 1 aromatic heterocycles. The Morgan fingerprint density at radius 1 is 1.41 bits per heavy atom. The molecule has 17 heavy (non-hydrogen) atoms. The van der Waals surface area contributed by atoms with Gasteiger partial charge < -0.3 is 5.73 Å². The van der Waals surface area contributed by atoms with Crippen molar-refractivity contribution in [2.75, 3.05) is 0 Å². The van der Waals surface area contributed by atoms with E-state index in [2.05, 4.69) is 4.98 Å². The van der Waals surface area contributed by atoms with Crippen LogP contribution in [-0.2, 0) is 6.42 Å². The Morgan fingerprint density at radius 3 is 2.82 bits per heavy atom. The Labute approximate surface area is 104 Å². The van der Waals surface area contributed by atoms with Gasteiger partial charge in [-0.15, -0.1) is 11.3 Å². The quantitative estimate of drug-likeness (QED) is 0.909. The highest BCUT2D eigenvalue weighted by atomic mass is 32.1. The van der Waals surface area contributed by atoms with Crippen LogP contribution in [0.5, 0.6) is 0 Å². The minimum Gasteiger partial charge on any atom is -0.324 e. The summed E-state index contributed by atoms with van der Waals surface area (Å²) in [6, 6.07) is 4.69. The van der Waals surface area contributed by atoms with E-state index in [0.29, 0.717) is 12.0 Å². The molecule has 1 unspecified atom stereocenters. The third-order valence-corrected chi connectivity index (χ3v) is 3.47. The van der Waals surface area contributed by atoms with Gasteiger partial charge in [-0.05, 0) is 19.9 Å². The van der Waals surface area contributed by atoms with Crippen LogP contribution < -0.4 is 5.73 Å². The standard InChI is InChI=1S/C13H15FN2S/c1-8-3-4-12(14)11(5-8)13(15)6-10-7-17-9(2)16-10/h3-5,7,13H,6,15H2,1-2H3. The lowest BCUT2D eigenvalue weighted by atomic mass is 10.0. The number of halogens is 1. The Morgan fingerprint density at radius 2 is 2.18 bits per heavy atom. The van der Waals surface area contributed by atoms with E-state index >= 15 is 0 Å². The Bertz CT molecular complexity index is 522. The average molecular weight is 250 g/mol. The molecule has 1 heterocycles. The average Bonchev–Trinajstić information content (AvgIpc) is 2.67. The fourth-order valence-electron chi connectivity index (χ4n) is 1.78. The molecule has 0 fully saturated rings. The van der Waals surface area contributed by atoms with E-state index in [1.165, 1.54) is 6.07 Å². The van der Waals surface area contributed by atoms with E-state index in [-0.39, 0.29) is 11.9 Å². The van der Waals surface area contributed by atoms with Gasteiger partial charge in [0.2, 0.25) is 0 Å². The van der Waals surface area contributed by atoms with Gasteiger partial charge in [0.1, 0.15) is 5.82 Å². The summed E-state index contributed by atoms with van der Waals surface area (Å²) in [7, 11) is 0. The number of thiazole rings is 1. The minimum absolute atomic E-state index is 0.241. The van der Waals surface area contributed by atoms with Crippen LogP contribution in [0.1, 0.15) is 27.9 Å². The van der Waals surface area contributed by atoms with E-state index in [1.807, 2.05) is 19.2 Å². The van der Waals surface area contributed by atoms with Gasteiger partial charge in [0.25, 0.3) is 0 Å². The highest BCUT2D eigenvalue weighted by Gasteiger charge is 2.13. The molecule has 0 amide bonds. The lowest BCUT2D eigenvalue weighted by molar-refractivity contribution is 0.578. The van der Waals surface area contributed by atoms with Crippen molar-refractivity contribution in [2.45, 2.75) is 26.3 Å². The molecule has 0 aliphatic rings. The highest BCUT2D eigenvalue weighted by Crippen LogP contribution is 2.21. The first kappa shape index (κ1) is 12.2. The van der Waals surface area contributed by atoms with E-state index in [9.17, 15) is 4.39 Å². The molecule has 2 N–H and O–H groups in total. The van der Waals surface area contributed by atoms with Crippen molar-refractivity contribution in [2.24, 2.45) is 5.73 Å². The summed E-state index contributed by atoms with van der Waals surface area (Å²) in [4.78, 5) is 4.34. The molecule has 0 radical (unpaired) electrons. The monoisotopic (exact) mass is 250 g/mol. The molecule has 1 aromatic carbocycles. The Balaban J connectivity index is 2.19. The smallest absolute Gasteiger partial charge is 0.128 e. The first-order valence-electron chi connectivity index (χ1n) is 5.49. The van der Waals surface area contributed by atoms with Crippen LogP contribution in [0.25, 0.3) is 0 Å². The molecule has 90 valence electrons. The molecule has 2 aromatic rings. The third-order valence-electron chi connectivity index (χ3n) is 2.65. The maximum atomic E-state index is 13.6. The lowest BCUT2D eigenvalue weighted by Gasteiger charge is -2.12. The van der Waals surface area contributed by atoms with Gasteiger partial charge in [-0.3, -0.25) is 0 Å². The summed E-state index contributed by atoms with van der Waals surface area (Å²) in [6.45, 7) is 3.88. The van der Waals surface area contributed by atoms with Crippen LogP contribution in [0.15, 0.2) is 23.6 Å². The van der Waals surface area contributed by atoms with Crippen molar-refractivity contribution >= 4 is 11.3 Å². The summed E-state index contributed by atoms with van der Waals surface area (Å²) in [5, 5.41) is 2.99. The normalized spacial score (nSPS) is 12.7. The van der Waals surface area contributed by atoms with Crippen molar-refractivity contribution in [3.63, 3.8) is 0 Å². The number of aryl methyl sites for hydroxylation is 2. The van der Waals surface area contributed by atoms with Gasteiger partial charge in [-0.25, -0.2) is 9.37 Å². The first-order valence-corrected chi connectivity index (χ1v) is 6.37. The van der Waals surface area contributed by atoms with Crippen LogP contribution in [0.3, 0.4) is 0 Å². The van der Waals surface area contributed by atoms with Crippen molar-refractivity contribution in [1.82, 2.24) is 4.98 Å². The predicted molar refractivity (Wildman–Crippen MR) is 68.6 cm³/mol. The fraction of sp³-hybridized carbons (Fsp3) is 0.308. The van der Waals surface area contributed by atoms with Crippen molar-refractivity contribution in [1.29, 1.82) is 0 Å². The van der Waals surface area contributed by atoms with Crippen LogP contribution >= 0.6 is 11.3 Å². The van der Waals surface area contributed by atoms with Gasteiger partial charge in [-0.2, -0.15) is 0 Å². The van der Waals surface area contributed by atoms with E-state index < -0.39 is 0 Å². The maximum absolute atomic E-state index is 13.6. The minimum atomic E-state index is -0.337. The molecule has 2 nitrogen and oxygen atoms in total. The topological polar surface area (TPSA) is 38.9 Å². The Hall–Kier alpha value is -1.26. The molecule has 4 heteroatoms. The zero-order chi connectivity index (χ0) is 12.4. The zero-order valence-electron chi connectivity index (χ0n) is 9.90. The number of hydrogen-bond acceptors (Lipinski definition) is 3. The maximum Gasteiger partial charge on any atom is 0.128 e. The van der Waals surface area contributed by atoms with Crippen molar-refractivity contribution < 1.29 is 4.39 Å². The Kier molecular flexibility index (Phi) is 3.54. The third kappa shape index (κ3) is 2.90. The molecular weight excluding hydrogens is 235 g/mol. The predicted octanol–water partition coefficient (Wildman–Crippen LogP) is 3.14. The van der Waals surface area contributed by atoms with Gasteiger partial charge in [-0.1, -0.05) is 17.7 Å². The fourth-order valence-corrected chi connectivity index (χ4v) is 2.41. The molecule has 2 rings (SSSR count). The summed E-state index contributed by atoms with van der Waals surface area (Å²) in [5.41, 5.74) is 8.55. The molecule has 0 bridgehead atoms. The number of benzene rings is 1. The van der Waals surface area contributed by atoms with Crippen molar-refractivity contribution in [3.8, 4) is 0 Å². The zero-order valence-corrected chi connectivity index (χ0v) is 10.7. The number of hydrogen-bond donors (Lipinski definition) is 1. The van der Waals surface area contributed by atoms with Gasteiger partial charge in [0, 0.05) is 23.4 Å². The van der Waals surface area contributed by atoms with E-state index in [4.69, 9.17) is 5.73 Å². The molecule has 0 aliphatic carbocycles. The van der Waals surface area contributed by atoms with E-state index in [0.717, 1.165) is 16.3 Å². The second kappa shape index (κ2) is 4.94. The number of aromatic nitrogens is 1. The molecular formula is C13H15FN2S. The van der Waals surface area contributed by atoms with Crippen LogP contribution in [0.2, 0.25) is 0 Å². The summed E-state index contributed by atoms with van der Waals surface area (Å²) in [6.07, 6.45) is 0.574. The lowest BCUT2D eigenvalue weighted by Crippen LogP contribution is -2.15. The summed E-state index contributed by atoms with van der Waals surface area (Å²) >= 11 is 1.59. The largest absolute Gasteiger partial charge is 0.324 e. The molecule has 0 saturated carbocycles. The number of nitrogens with two attached hydrogens (primary N) is 1. The second-order valence-electron chi connectivity index (χ2n) is 4.19. The van der Waals surface area contributed by atoms with Crippen LogP contribution in [0.4, 0.5) is 4.39 Å². The van der Waals surface area contributed by atoms with Gasteiger partial charge in [0.15, 0.2) is 0 Å². The van der Waals surface area contributed by atoms with Gasteiger partial charge >= 0.3 is 0 Å². The van der Waals surface area contributed by atoms with Crippen LogP contribution in [-0.4, -0.2) is 4.98 Å². The second-order valence-corrected chi connectivity index (χ2v) is 5.26. The van der Waals surface area contributed by atoms with E-state index in [1.54, 1.807) is 23.5 Å². The summed E-state index contributed by atoms with van der Waals surface area (Å²) < 4.78 is 13.6. The van der Waals surface area contributed by atoms with Crippen molar-refractivity contribution in [3.05, 3.63) is 51.2 Å². The number of rotatable bonds is 3. The highest BCUT2D eigenvalue weighted by molar-refractivity contribution is 7.09. The summed E-state index contributed by atoms with van der Waals surface area (Å²) in [5.74, 6) is -0.241. The molecule has 0 saturated heterocycles. The molecule has 0 aliphatic heterocycles. The number of nitrogens with zero attached hydrogens (tertiary/aromatic N) is 1. The van der Waals surface area contributed by atoms with Crippen LogP contribution in [0, 0.1) is 19.7 Å². The van der Waals surface area contributed by atoms with Gasteiger partial charge in [0.05, 0.1) is 10.7 Å². The SMILES string of the molecule is Cc1ccc(F)c(C(N)Cc2csc(C)n2)c1. The first-order chi connectivity index (χ1) is 8.06. The molecule has 0 spiro atoms.